The Hall–Kier alpha value is -2.10. The fourth-order valence-corrected chi connectivity index (χ4v) is 1.56. The average Bonchev–Trinajstić information content (AvgIpc) is 2.34. The summed E-state index contributed by atoms with van der Waals surface area (Å²) in [5.74, 6) is -1.58. The minimum atomic E-state index is -1.02. The average molecular weight is 261 g/mol. The molecule has 1 aromatic rings. The van der Waals surface area contributed by atoms with Crippen LogP contribution in [0.1, 0.15) is 25.0 Å². The number of amides is 1. The molecule has 4 nitrogen and oxygen atoms in total. The van der Waals surface area contributed by atoms with E-state index in [2.05, 4.69) is 5.32 Å². The fraction of sp³-hybridized carbons (Fsp3) is 0.333. The number of carbonyl (C=O) groups excluding carboxylic acids is 1. The van der Waals surface area contributed by atoms with Gasteiger partial charge in [0.05, 0.1) is 0 Å². The number of aliphatic carboxylic acids is 1. The molecule has 1 atom stereocenters. The Bertz CT molecular complexity index is 475. The molecule has 1 aromatic carbocycles. The number of aryl methyl sites for hydroxylation is 1. The lowest BCUT2D eigenvalue weighted by atomic mass is 10.0. The van der Waals surface area contributed by atoms with Gasteiger partial charge < -0.3 is 10.4 Å². The summed E-state index contributed by atoms with van der Waals surface area (Å²) in [5.41, 5.74) is 2.05. The Morgan fingerprint density at radius 1 is 1.21 bits per heavy atom. The highest BCUT2D eigenvalue weighted by Crippen LogP contribution is 2.05. The van der Waals surface area contributed by atoms with Crippen molar-refractivity contribution in [1.82, 2.24) is 5.32 Å². The van der Waals surface area contributed by atoms with Gasteiger partial charge in [0.15, 0.2) is 0 Å². The molecule has 1 amide bonds. The van der Waals surface area contributed by atoms with Crippen LogP contribution in [0.5, 0.6) is 0 Å². The topological polar surface area (TPSA) is 66.4 Å². The molecule has 0 spiro atoms. The number of nitrogens with one attached hydrogen (secondary N) is 1. The van der Waals surface area contributed by atoms with Gasteiger partial charge in [0.1, 0.15) is 6.04 Å². The lowest BCUT2D eigenvalue weighted by molar-refractivity contribution is -0.142. The second-order valence-electron chi connectivity index (χ2n) is 4.81. The Balaban J connectivity index is 2.64. The number of carboxylic acid groups (broad SMARTS) is 1. The molecule has 1 rings (SSSR count). The monoisotopic (exact) mass is 261 g/mol. The molecule has 0 heterocycles. The van der Waals surface area contributed by atoms with E-state index in [1.165, 1.54) is 6.08 Å². The van der Waals surface area contributed by atoms with E-state index < -0.39 is 17.9 Å². The molecule has 0 unspecified atom stereocenters. The van der Waals surface area contributed by atoms with Gasteiger partial charge in [-0.3, -0.25) is 4.79 Å². The Labute approximate surface area is 113 Å². The molecule has 0 radical (unpaired) electrons. The molecule has 4 heteroatoms. The molecule has 19 heavy (non-hydrogen) atoms. The first-order valence-corrected chi connectivity index (χ1v) is 6.18. The normalized spacial score (nSPS) is 12.6. The van der Waals surface area contributed by atoms with Crippen molar-refractivity contribution in [1.29, 1.82) is 0 Å². The van der Waals surface area contributed by atoms with E-state index in [4.69, 9.17) is 5.11 Å². The molecule has 0 saturated heterocycles. The van der Waals surface area contributed by atoms with Crippen LogP contribution in [0.3, 0.4) is 0 Å². The number of hydrogen-bond donors (Lipinski definition) is 2. The molecule has 102 valence electrons. The van der Waals surface area contributed by atoms with E-state index in [1.54, 1.807) is 19.9 Å². The predicted molar refractivity (Wildman–Crippen MR) is 74.6 cm³/mol. The minimum Gasteiger partial charge on any atom is -0.480 e. The third kappa shape index (κ3) is 4.95. The minimum absolute atomic E-state index is 0.158. The van der Waals surface area contributed by atoms with Gasteiger partial charge in [0.25, 0.3) is 0 Å². The van der Waals surface area contributed by atoms with Gasteiger partial charge >= 0.3 is 5.97 Å². The highest BCUT2D eigenvalue weighted by atomic mass is 16.4. The van der Waals surface area contributed by atoms with Gasteiger partial charge in [-0.25, -0.2) is 4.79 Å². The van der Waals surface area contributed by atoms with Gasteiger partial charge in [-0.15, -0.1) is 0 Å². The van der Waals surface area contributed by atoms with E-state index in [9.17, 15) is 9.59 Å². The summed E-state index contributed by atoms with van der Waals surface area (Å²) in [5, 5.41) is 11.4. The summed E-state index contributed by atoms with van der Waals surface area (Å²) in [6.07, 6.45) is 3.01. The molecule has 0 bridgehead atoms. The van der Waals surface area contributed by atoms with Crippen molar-refractivity contribution < 1.29 is 14.7 Å². The first-order valence-electron chi connectivity index (χ1n) is 6.18. The third-order valence-electron chi connectivity index (χ3n) is 2.73. The Morgan fingerprint density at radius 3 is 2.26 bits per heavy atom. The van der Waals surface area contributed by atoms with Crippen LogP contribution in [0.4, 0.5) is 0 Å². The largest absolute Gasteiger partial charge is 0.480 e. The second-order valence-corrected chi connectivity index (χ2v) is 4.81. The fourth-order valence-electron chi connectivity index (χ4n) is 1.56. The zero-order valence-electron chi connectivity index (χ0n) is 11.4. The van der Waals surface area contributed by atoms with Crippen LogP contribution in [0.2, 0.25) is 0 Å². The first kappa shape index (κ1) is 15.0. The van der Waals surface area contributed by atoms with E-state index in [0.29, 0.717) is 0 Å². The van der Waals surface area contributed by atoms with E-state index in [-0.39, 0.29) is 5.92 Å². The molecule has 0 fully saturated rings. The van der Waals surface area contributed by atoms with Crippen LogP contribution in [0, 0.1) is 12.8 Å². The van der Waals surface area contributed by atoms with E-state index in [1.807, 2.05) is 31.2 Å². The highest BCUT2D eigenvalue weighted by molar-refractivity contribution is 5.94. The zero-order valence-corrected chi connectivity index (χ0v) is 11.4. The van der Waals surface area contributed by atoms with Gasteiger partial charge in [-0.2, -0.15) is 0 Å². The predicted octanol–water partition coefficient (Wildman–Crippen LogP) is 2.23. The van der Waals surface area contributed by atoms with Gasteiger partial charge in [0.2, 0.25) is 5.91 Å². The molecular weight excluding hydrogens is 242 g/mol. The van der Waals surface area contributed by atoms with Crippen molar-refractivity contribution in [3.05, 3.63) is 41.5 Å². The molecule has 0 aliphatic heterocycles. The van der Waals surface area contributed by atoms with Crippen LogP contribution in [-0.4, -0.2) is 23.0 Å². The van der Waals surface area contributed by atoms with Crippen LogP contribution >= 0.6 is 0 Å². The van der Waals surface area contributed by atoms with Gasteiger partial charge in [0, 0.05) is 6.08 Å². The van der Waals surface area contributed by atoms with Crippen LogP contribution in [-0.2, 0) is 9.59 Å². The summed E-state index contributed by atoms with van der Waals surface area (Å²) in [7, 11) is 0. The lowest BCUT2D eigenvalue weighted by Crippen LogP contribution is -2.43. The molecule has 0 saturated carbocycles. The standard InChI is InChI=1S/C15H19NO3/c1-10(2)14(15(18)19)16-13(17)9-8-12-6-4-11(3)5-7-12/h4-10,14H,1-3H3,(H,16,17)(H,18,19)/b9-8+/t14-/m0/s1. The Morgan fingerprint density at radius 2 is 1.79 bits per heavy atom. The van der Waals surface area contributed by atoms with Crippen molar-refractivity contribution in [3.63, 3.8) is 0 Å². The zero-order chi connectivity index (χ0) is 14.4. The van der Waals surface area contributed by atoms with E-state index in [0.717, 1.165) is 11.1 Å². The SMILES string of the molecule is Cc1ccc(/C=C/C(=O)N[C@H](C(=O)O)C(C)C)cc1. The maximum absolute atomic E-state index is 11.6. The quantitative estimate of drug-likeness (QED) is 0.799. The van der Waals surface area contributed by atoms with Crippen molar-refractivity contribution in [2.45, 2.75) is 26.8 Å². The molecule has 0 aliphatic rings. The van der Waals surface area contributed by atoms with Crippen molar-refractivity contribution >= 4 is 18.0 Å². The maximum atomic E-state index is 11.6. The highest BCUT2D eigenvalue weighted by Gasteiger charge is 2.22. The van der Waals surface area contributed by atoms with Crippen molar-refractivity contribution in [2.24, 2.45) is 5.92 Å². The van der Waals surface area contributed by atoms with Crippen LogP contribution in [0.25, 0.3) is 6.08 Å². The third-order valence-corrected chi connectivity index (χ3v) is 2.73. The number of carboxylic acids is 1. The molecule has 2 N–H and O–H groups in total. The van der Waals surface area contributed by atoms with Crippen LogP contribution < -0.4 is 5.32 Å². The summed E-state index contributed by atoms with van der Waals surface area (Å²) < 4.78 is 0. The summed E-state index contributed by atoms with van der Waals surface area (Å²) in [4.78, 5) is 22.6. The number of hydrogen-bond acceptors (Lipinski definition) is 2. The lowest BCUT2D eigenvalue weighted by Gasteiger charge is -2.16. The molecule has 0 aliphatic carbocycles. The number of carbonyl (C=O) groups is 2. The smallest absolute Gasteiger partial charge is 0.326 e. The summed E-state index contributed by atoms with van der Waals surface area (Å²) >= 11 is 0. The maximum Gasteiger partial charge on any atom is 0.326 e. The van der Waals surface area contributed by atoms with Gasteiger partial charge in [-0.1, -0.05) is 43.7 Å². The Kier molecular flexibility index (Phi) is 5.30. The second kappa shape index (κ2) is 6.73. The summed E-state index contributed by atoms with van der Waals surface area (Å²) in [6, 6.07) is 6.83. The van der Waals surface area contributed by atoms with Gasteiger partial charge in [-0.05, 0) is 24.5 Å². The first-order chi connectivity index (χ1) is 8.90. The number of benzene rings is 1. The van der Waals surface area contributed by atoms with Crippen molar-refractivity contribution in [3.8, 4) is 0 Å². The molecular formula is C15H19NO3. The summed E-state index contributed by atoms with van der Waals surface area (Å²) in [6.45, 7) is 5.49. The number of rotatable bonds is 5. The van der Waals surface area contributed by atoms with Crippen LogP contribution in [0.15, 0.2) is 30.3 Å². The van der Waals surface area contributed by atoms with E-state index >= 15 is 0 Å². The molecule has 0 aromatic heterocycles. The van der Waals surface area contributed by atoms with Crippen molar-refractivity contribution in [2.75, 3.05) is 0 Å².